The zero-order chi connectivity index (χ0) is 33.0. The van der Waals surface area contributed by atoms with Gasteiger partial charge in [0.1, 0.15) is 11.2 Å². The molecule has 10 rings (SSSR count). The van der Waals surface area contributed by atoms with Gasteiger partial charge in [0.05, 0.1) is 22.1 Å². The highest BCUT2D eigenvalue weighted by Crippen LogP contribution is 2.42. The molecule has 0 aliphatic carbocycles. The minimum atomic E-state index is 0.592. The zero-order valence-electron chi connectivity index (χ0n) is 26.9. The molecule has 5 nitrogen and oxygen atoms in total. The van der Waals surface area contributed by atoms with Crippen LogP contribution in [-0.4, -0.2) is 19.5 Å². The van der Waals surface area contributed by atoms with Crippen LogP contribution in [0, 0.1) is 0 Å². The van der Waals surface area contributed by atoms with Crippen molar-refractivity contribution in [1.29, 1.82) is 0 Å². The summed E-state index contributed by atoms with van der Waals surface area (Å²) in [5.41, 5.74) is 9.96. The minimum absolute atomic E-state index is 0.592. The first kappa shape index (κ1) is 28.2. The Labute approximate surface area is 287 Å². The summed E-state index contributed by atoms with van der Waals surface area (Å²) < 4.78 is 8.99. The Balaban J connectivity index is 1.28. The van der Waals surface area contributed by atoms with Gasteiger partial charge in [0.25, 0.3) is 0 Å². The molecule has 234 valence electrons. The normalized spacial score (nSPS) is 11.6. The number of fused-ring (bicyclic) bond motifs is 6. The maximum absolute atomic E-state index is 6.62. The van der Waals surface area contributed by atoms with E-state index < -0.39 is 0 Å². The fourth-order valence-electron chi connectivity index (χ4n) is 7.19. The molecule has 0 radical (unpaired) electrons. The topological polar surface area (TPSA) is 56.7 Å². The van der Waals surface area contributed by atoms with Crippen molar-refractivity contribution >= 4 is 43.7 Å². The number of hydrogen-bond donors (Lipinski definition) is 0. The van der Waals surface area contributed by atoms with Crippen LogP contribution in [0.25, 0.3) is 94.7 Å². The monoisotopic (exact) mass is 640 g/mol. The predicted octanol–water partition coefficient (Wildman–Crippen LogP) is 11.5. The number of rotatable bonds is 5. The fraction of sp³-hybridized carbons (Fsp3) is 0. The van der Waals surface area contributed by atoms with E-state index in [2.05, 4.69) is 95.6 Å². The third-order valence-electron chi connectivity index (χ3n) is 9.46. The fourth-order valence-corrected chi connectivity index (χ4v) is 7.19. The second-order valence-electron chi connectivity index (χ2n) is 12.4. The molecule has 0 atom stereocenters. The van der Waals surface area contributed by atoms with Crippen LogP contribution in [0.15, 0.2) is 174 Å². The van der Waals surface area contributed by atoms with E-state index in [0.29, 0.717) is 17.5 Å². The first-order valence-corrected chi connectivity index (χ1v) is 16.7. The first-order chi connectivity index (χ1) is 24.8. The van der Waals surface area contributed by atoms with Crippen molar-refractivity contribution in [2.24, 2.45) is 0 Å². The molecule has 0 saturated carbocycles. The van der Waals surface area contributed by atoms with E-state index in [9.17, 15) is 0 Å². The molecule has 7 aromatic carbocycles. The van der Waals surface area contributed by atoms with Gasteiger partial charge in [0.15, 0.2) is 17.5 Å². The maximum atomic E-state index is 6.62. The Bertz CT molecular complexity index is 2800. The SMILES string of the molecule is c1ccc(-c2ccc3c4ccccc4n(-c4cccc5oc6cccc(-c7nc(-c8ccccc8)nc(-c8ccccc8)n7)c6c45)c3c2)cc1. The van der Waals surface area contributed by atoms with Crippen LogP contribution in [0.3, 0.4) is 0 Å². The Morgan fingerprint density at radius 3 is 1.64 bits per heavy atom. The molecule has 50 heavy (non-hydrogen) atoms. The van der Waals surface area contributed by atoms with Crippen molar-refractivity contribution < 1.29 is 4.42 Å². The van der Waals surface area contributed by atoms with Gasteiger partial charge >= 0.3 is 0 Å². The van der Waals surface area contributed by atoms with E-state index in [0.717, 1.165) is 55.3 Å². The molecule has 0 fully saturated rings. The van der Waals surface area contributed by atoms with Crippen molar-refractivity contribution in [3.05, 3.63) is 170 Å². The van der Waals surface area contributed by atoms with Gasteiger partial charge in [-0.1, -0.05) is 140 Å². The highest BCUT2D eigenvalue weighted by atomic mass is 16.3. The van der Waals surface area contributed by atoms with Crippen molar-refractivity contribution in [3.8, 4) is 51.0 Å². The maximum Gasteiger partial charge on any atom is 0.164 e. The average Bonchev–Trinajstić information content (AvgIpc) is 3.74. The van der Waals surface area contributed by atoms with Gasteiger partial charge in [0, 0.05) is 32.8 Å². The highest BCUT2D eigenvalue weighted by Gasteiger charge is 2.22. The molecule has 3 aromatic heterocycles. The van der Waals surface area contributed by atoms with Crippen LogP contribution >= 0.6 is 0 Å². The average molecular weight is 641 g/mol. The molecular weight excluding hydrogens is 613 g/mol. The summed E-state index contributed by atoms with van der Waals surface area (Å²) in [7, 11) is 0. The molecule has 0 bridgehead atoms. The third-order valence-corrected chi connectivity index (χ3v) is 9.46. The largest absolute Gasteiger partial charge is 0.456 e. The molecule has 0 amide bonds. The van der Waals surface area contributed by atoms with Crippen molar-refractivity contribution in [3.63, 3.8) is 0 Å². The van der Waals surface area contributed by atoms with Gasteiger partial charge in [-0.2, -0.15) is 0 Å². The summed E-state index contributed by atoms with van der Waals surface area (Å²) >= 11 is 0. The van der Waals surface area contributed by atoms with E-state index in [4.69, 9.17) is 19.4 Å². The summed E-state index contributed by atoms with van der Waals surface area (Å²) in [5, 5.41) is 4.37. The Kier molecular flexibility index (Phi) is 6.42. The van der Waals surface area contributed by atoms with E-state index in [-0.39, 0.29) is 0 Å². The van der Waals surface area contributed by atoms with E-state index >= 15 is 0 Å². The lowest BCUT2D eigenvalue weighted by Gasteiger charge is -2.12. The zero-order valence-corrected chi connectivity index (χ0v) is 26.9. The summed E-state index contributed by atoms with van der Waals surface area (Å²) in [4.78, 5) is 15.1. The summed E-state index contributed by atoms with van der Waals surface area (Å²) in [6, 6.07) is 58.5. The van der Waals surface area contributed by atoms with Gasteiger partial charge in [-0.3, -0.25) is 0 Å². The lowest BCUT2D eigenvalue weighted by Crippen LogP contribution is -2.00. The van der Waals surface area contributed by atoms with E-state index in [1.807, 2.05) is 78.9 Å². The molecule has 10 aromatic rings. The third kappa shape index (κ3) is 4.52. The summed E-state index contributed by atoms with van der Waals surface area (Å²) in [6.45, 7) is 0. The number of aromatic nitrogens is 4. The van der Waals surface area contributed by atoms with Crippen LogP contribution in [0.1, 0.15) is 0 Å². The Morgan fingerprint density at radius 2 is 0.940 bits per heavy atom. The Morgan fingerprint density at radius 1 is 0.380 bits per heavy atom. The smallest absolute Gasteiger partial charge is 0.164 e. The molecule has 0 aliphatic rings. The summed E-state index contributed by atoms with van der Waals surface area (Å²) in [6.07, 6.45) is 0. The van der Waals surface area contributed by atoms with Crippen molar-refractivity contribution in [1.82, 2.24) is 19.5 Å². The standard InChI is InChI=1S/C45H28N4O/c1-4-14-29(15-5-1)32-26-27-34-33-20-10-11-22-36(33)49(38(34)28-32)37-23-13-25-40-42(37)41-35(21-12-24-39(41)50-40)45-47-43(30-16-6-2-7-17-30)46-44(48-45)31-18-8-3-9-19-31/h1-28H. The molecule has 0 spiro atoms. The van der Waals surface area contributed by atoms with Gasteiger partial charge in [0.2, 0.25) is 0 Å². The molecule has 3 heterocycles. The highest BCUT2D eigenvalue weighted by molar-refractivity contribution is 6.18. The van der Waals surface area contributed by atoms with Crippen molar-refractivity contribution in [2.75, 3.05) is 0 Å². The molecule has 0 saturated heterocycles. The number of para-hydroxylation sites is 1. The lowest BCUT2D eigenvalue weighted by molar-refractivity contribution is 0.669. The van der Waals surface area contributed by atoms with E-state index in [1.165, 1.54) is 21.9 Å². The summed E-state index contributed by atoms with van der Waals surface area (Å²) in [5.74, 6) is 1.83. The van der Waals surface area contributed by atoms with E-state index in [1.54, 1.807) is 0 Å². The number of hydrogen-bond acceptors (Lipinski definition) is 4. The van der Waals surface area contributed by atoms with Crippen LogP contribution in [-0.2, 0) is 0 Å². The second-order valence-corrected chi connectivity index (χ2v) is 12.4. The Hall–Kier alpha value is -6.85. The number of benzene rings is 7. The minimum Gasteiger partial charge on any atom is -0.456 e. The molecule has 5 heteroatoms. The van der Waals surface area contributed by atoms with Gasteiger partial charge in [-0.05, 0) is 41.5 Å². The predicted molar refractivity (Wildman–Crippen MR) is 203 cm³/mol. The van der Waals surface area contributed by atoms with Crippen molar-refractivity contribution in [2.45, 2.75) is 0 Å². The van der Waals surface area contributed by atoms with Crippen LogP contribution in [0.2, 0.25) is 0 Å². The lowest BCUT2D eigenvalue weighted by atomic mass is 10.0. The van der Waals surface area contributed by atoms with Gasteiger partial charge in [-0.15, -0.1) is 0 Å². The second kappa shape index (κ2) is 11.4. The molecular formula is C45H28N4O. The number of nitrogens with zero attached hydrogens (tertiary/aromatic N) is 4. The van der Waals surface area contributed by atoms with Gasteiger partial charge in [-0.25, -0.2) is 15.0 Å². The van der Waals surface area contributed by atoms with Crippen LogP contribution in [0.4, 0.5) is 0 Å². The first-order valence-electron chi connectivity index (χ1n) is 16.7. The molecule has 0 unspecified atom stereocenters. The van der Waals surface area contributed by atoms with Gasteiger partial charge < -0.3 is 8.98 Å². The molecule has 0 N–H and O–H groups in total. The quantitative estimate of drug-likeness (QED) is 0.188. The van der Waals surface area contributed by atoms with Crippen LogP contribution < -0.4 is 0 Å². The molecule has 0 aliphatic heterocycles. The van der Waals surface area contributed by atoms with Crippen LogP contribution in [0.5, 0.6) is 0 Å². The number of furan rings is 1.